The molecule has 0 saturated heterocycles. The van der Waals surface area contributed by atoms with E-state index in [9.17, 15) is 4.79 Å². The van der Waals surface area contributed by atoms with Crippen LogP contribution in [0.4, 0.5) is 11.4 Å². The zero-order valence-corrected chi connectivity index (χ0v) is 12.8. The summed E-state index contributed by atoms with van der Waals surface area (Å²) in [6.45, 7) is 0. The van der Waals surface area contributed by atoms with E-state index in [4.69, 9.17) is 22.1 Å². The molecule has 0 fully saturated rings. The molecule has 20 heavy (non-hydrogen) atoms. The van der Waals surface area contributed by atoms with Crippen molar-refractivity contribution in [2.24, 2.45) is 0 Å². The number of nitrogen functional groups attached to an aromatic ring is 1. The highest BCUT2D eigenvalue weighted by molar-refractivity contribution is 9.10. The van der Waals surface area contributed by atoms with E-state index in [0.717, 1.165) is 0 Å². The zero-order chi connectivity index (χ0) is 14.7. The SMILES string of the molecule is COc1c(N)cccc1C(=O)Nc1cc(Br)cnc1Cl. The van der Waals surface area contributed by atoms with E-state index in [1.54, 1.807) is 30.5 Å². The number of pyridine rings is 1. The molecule has 0 saturated carbocycles. The number of halogens is 2. The number of amides is 1. The highest BCUT2D eigenvalue weighted by Crippen LogP contribution is 2.28. The van der Waals surface area contributed by atoms with Gasteiger partial charge >= 0.3 is 0 Å². The van der Waals surface area contributed by atoms with Crippen LogP contribution in [0.15, 0.2) is 34.9 Å². The number of anilines is 2. The predicted molar refractivity (Wildman–Crippen MR) is 82.3 cm³/mol. The number of benzene rings is 1. The number of para-hydroxylation sites is 1. The van der Waals surface area contributed by atoms with E-state index in [0.29, 0.717) is 27.2 Å². The highest BCUT2D eigenvalue weighted by Gasteiger charge is 2.16. The van der Waals surface area contributed by atoms with Gasteiger partial charge in [-0.25, -0.2) is 4.98 Å². The van der Waals surface area contributed by atoms with Crippen LogP contribution in [0.1, 0.15) is 10.4 Å². The summed E-state index contributed by atoms with van der Waals surface area (Å²) in [5.41, 5.74) is 6.88. The van der Waals surface area contributed by atoms with E-state index in [1.807, 2.05) is 0 Å². The van der Waals surface area contributed by atoms with Crippen molar-refractivity contribution in [1.82, 2.24) is 4.98 Å². The van der Waals surface area contributed by atoms with Crippen molar-refractivity contribution in [2.75, 3.05) is 18.2 Å². The van der Waals surface area contributed by atoms with Gasteiger partial charge in [0.15, 0.2) is 10.9 Å². The molecule has 1 amide bonds. The Kier molecular flexibility index (Phi) is 4.46. The van der Waals surface area contributed by atoms with Gasteiger partial charge in [-0.05, 0) is 34.1 Å². The number of hydrogen-bond donors (Lipinski definition) is 2. The van der Waals surface area contributed by atoms with Crippen LogP contribution >= 0.6 is 27.5 Å². The summed E-state index contributed by atoms with van der Waals surface area (Å²) in [6, 6.07) is 6.60. The minimum atomic E-state index is -0.379. The highest BCUT2D eigenvalue weighted by atomic mass is 79.9. The Morgan fingerprint density at radius 3 is 2.95 bits per heavy atom. The van der Waals surface area contributed by atoms with Crippen LogP contribution in [0.5, 0.6) is 5.75 Å². The molecular weight excluding hydrogens is 346 g/mol. The molecule has 0 spiro atoms. The Bertz CT molecular complexity index is 664. The van der Waals surface area contributed by atoms with Gasteiger partial charge in [0.05, 0.1) is 24.0 Å². The lowest BCUT2D eigenvalue weighted by Crippen LogP contribution is -2.14. The van der Waals surface area contributed by atoms with Gasteiger partial charge in [-0.1, -0.05) is 17.7 Å². The number of carbonyl (C=O) groups is 1. The van der Waals surface area contributed by atoms with Crippen LogP contribution < -0.4 is 15.8 Å². The second-order valence-electron chi connectivity index (χ2n) is 3.87. The molecule has 5 nitrogen and oxygen atoms in total. The molecule has 104 valence electrons. The molecule has 0 radical (unpaired) electrons. The molecule has 0 bridgehead atoms. The molecule has 1 aromatic carbocycles. The number of hydrogen-bond acceptors (Lipinski definition) is 4. The largest absolute Gasteiger partial charge is 0.494 e. The van der Waals surface area contributed by atoms with Crippen LogP contribution in [0.3, 0.4) is 0 Å². The quantitative estimate of drug-likeness (QED) is 0.653. The molecule has 1 heterocycles. The first-order valence-electron chi connectivity index (χ1n) is 5.57. The van der Waals surface area contributed by atoms with Gasteiger partial charge in [0, 0.05) is 10.7 Å². The number of rotatable bonds is 3. The normalized spacial score (nSPS) is 10.2. The fourth-order valence-electron chi connectivity index (χ4n) is 1.66. The van der Waals surface area contributed by atoms with Gasteiger partial charge in [-0.2, -0.15) is 0 Å². The number of aromatic nitrogens is 1. The molecular formula is C13H11BrClN3O2. The maximum atomic E-state index is 12.3. The second-order valence-corrected chi connectivity index (χ2v) is 5.15. The Balaban J connectivity index is 2.33. The first-order valence-corrected chi connectivity index (χ1v) is 6.75. The van der Waals surface area contributed by atoms with Gasteiger partial charge in [-0.15, -0.1) is 0 Å². The molecule has 2 aromatic rings. The smallest absolute Gasteiger partial charge is 0.259 e. The van der Waals surface area contributed by atoms with Crippen LogP contribution in [-0.4, -0.2) is 18.0 Å². The Hall–Kier alpha value is -1.79. The van der Waals surface area contributed by atoms with Crippen LogP contribution in [0.2, 0.25) is 5.15 Å². The van der Waals surface area contributed by atoms with E-state index >= 15 is 0 Å². The number of nitrogens with one attached hydrogen (secondary N) is 1. The van der Waals surface area contributed by atoms with Crippen molar-refractivity contribution in [3.05, 3.63) is 45.7 Å². The number of methoxy groups -OCH3 is 1. The van der Waals surface area contributed by atoms with Crippen molar-refractivity contribution >= 4 is 44.8 Å². The van der Waals surface area contributed by atoms with Gasteiger partial charge < -0.3 is 15.8 Å². The van der Waals surface area contributed by atoms with Crippen molar-refractivity contribution in [2.45, 2.75) is 0 Å². The summed E-state index contributed by atoms with van der Waals surface area (Å²) in [5, 5.41) is 2.87. The lowest BCUT2D eigenvalue weighted by Gasteiger charge is -2.11. The number of ether oxygens (including phenoxy) is 1. The van der Waals surface area contributed by atoms with Crippen LogP contribution in [0, 0.1) is 0 Å². The van der Waals surface area contributed by atoms with Crippen molar-refractivity contribution in [3.8, 4) is 5.75 Å². The van der Waals surface area contributed by atoms with Gasteiger partial charge in [0.2, 0.25) is 0 Å². The van der Waals surface area contributed by atoms with Crippen molar-refractivity contribution < 1.29 is 9.53 Å². The third kappa shape index (κ3) is 3.02. The lowest BCUT2D eigenvalue weighted by molar-refractivity contribution is 0.102. The molecule has 3 N–H and O–H groups in total. The number of carbonyl (C=O) groups excluding carboxylic acids is 1. The van der Waals surface area contributed by atoms with E-state index in [2.05, 4.69) is 26.2 Å². The van der Waals surface area contributed by atoms with E-state index in [-0.39, 0.29) is 11.1 Å². The number of nitrogens with zero attached hydrogens (tertiary/aromatic N) is 1. The Labute approximate surface area is 129 Å². The van der Waals surface area contributed by atoms with Gasteiger partial charge in [-0.3, -0.25) is 4.79 Å². The first kappa shape index (κ1) is 14.6. The zero-order valence-electron chi connectivity index (χ0n) is 10.5. The molecule has 0 aliphatic carbocycles. The second kappa shape index (κ2) is 6.11. The first-order chi connectivity index (χ1) is 9.52. The average molecular weight is 357 g/mol. The Morgan fingerprint density at radius 1 is 1.50 bits per heavy atom. The third-order valence-electron chi connectivity index (χ3n) is 2.55. The number of nitrogens with two attached hydrogens (primary N) is 1. The third-order valence-corrected chi connectivity index (χ3v) is 3.28. The summed E-state index contributed by atoms with van der Waals surface area (Å²) in [5.74, 6) is -0.0555. The summed E-state index contributed by atoms with van der Waals surface area (Å²) in [4.78, 5) is 16.2. The van der Waals surface area contributed by atoms with Gasteiger partial charge in [0.1, 0.15) is 0 Å². The molecule has 2 rings (SSSR count). The molecule has 7 heteroatoms. The topological polar surface area (TPSA) is 77.2 Å². The summed E-state index contributed by atoms with van der Waals surface area (Å²) >= 11 is 9.20. The molecule has 0 aliphatic heterocycles. The molecule has 0 atom stereocenters. The summed E-state index contributed by atoms with van der Waals surface area (Å²) < 4.78 is 5.85. The van der Waals surface area contributed by atoms with E-state index in [1.165, 1.54) is 7.11 Å². The minimum Gasteiger partial charge on any atom is -0.494 e. The van der Waals surface area contributed by atoms with Crippen LogP contribution in [0.25, 0.3) is 0 Å². The summed E-state index contributed by atoms with van der Waals surface area (Å²) in [7, 11) is 1.45. The maximum Gasteiger partial charge on any atom is 0.259 e. The predicted octanol–water partition coefficient (Wildman–Crippen LogP) is 3.34. The molecule has 0 aliphatic rings. The van der Waals surface area contributed by atoms with Crippen LogP contribution in [-0.2, 0) is 0 Å². The van der Waals surface area contributed by atoms with Gasteiger partial charge in [0.25, 0.3) is 5.91 Å². The summed E-state index contributed by atoms with van der Waals surface area (Å²) in [6.07, 6.45) is 1.54. The van der Waals surface area contributed by atoms with Crippen molar-refractivity contribution in [3.63, 3.8) is 0 Å². The maximum absolute atomic E-state index is 12.3. The molecule has 1 aromatic heterocycles. The molecule has 0 unspecified atom stereocenters. The van der Waals surface area contributed by atoms with E-state index < -0.39 is 0 Å². The average Bonchev–Trinajstić information content (AvgIpc) is 2.42. The fraction of sp³-hybridized carbons (Fsp3) is 0.0769. The monoisotopic (exact) mass is 355 g/mol. The minimum absolute atomic E-state index is 0.199. The van der Waals surface area contributed by atoms with Crippen molar-refractivity contribution in [1.29, 1.82) is 0 Å². The standard InChI is InChI=1S/C13H11BrClN3O2/c1-20-11-8(3-2-4-9(11)16)13(19)18-10-5-7(14)6-17-12(10)15/h2-6H,16H2,1H3,(H,18,19). The lowest BCUT2D eigenvalue weighted by atomic mass is 10.1. The fourth-order valence-corrected chi connectivity index (χ4v) is 2.14. The Morgan fingerprint density at radius 2 is 2.25 bits per heavy atom.